The molecule has 1 atom stereocenters. The zero-order valence-corrected chi connectivity index (χ0v) is 18.6. The minimum atomic E-state index is -0.599. The molecule has 166 valence electrons. The smallest absolute Gasteiger partial charge is 0.335 e. The van der Waals surface area contributed by atoms with Crippen molar-refractivity contribution in [3.8, 4) is 0 Å². The number of hydrogen-bond acceptors (Lipinski definition) is 5. The number of carbonyl (C=O) groups excluding carboxylic acids is 2. The molecule has 0 bridgehead atoms. The second kappa shape index (κ2) is 13.6. The summed E-state index contributed by atoms with van der Waals surface area (Å²) in [6.07, 6.45) is 9.66. The number of rotatable bonds is 13. The summed E-state index contributed by atoms with van der Waals surface area (Å²) in [5, 5.41) is 9.01. The summed E-state index contributed by atoms with van der Waals surface area (Å²) in [5.74, 6) is 1.09. The summed E-state index contributed by atoms with van der Waals surface area (Å²) in [5.41, 5.74) is 0.390. The van der Waals surface area contributed by atoms with Gasteiger partial charge in [0.05, 0.1) is 25.4 Å². The fourth-order valence-corrected chi connectivity index (χ4v) is 3.90. The van der Waals surface area contributed by atoms with E-state index in [1.165, 1.54) is 44.9 Å². The molecule has 1 unspecified atom stereocenters. The van der Waals surface area contributed by atoms with E-state index in [4.69, 9.17) is 14.6 Å². The highest BCUT2D eigenvalue weighted by molar-refractivity contribution is 5.88. The molecule has 1 saturated carbocycles. The van der Waals surface area contributed by atoms with E-state index < -0.39 is 18.5 Å². The Morgan fingerprint density at radius 2 is 1.55 bits per heavy atom. The molecule has 0 radical (unpaired) electrons. The topological polar surface area (TPSA) is 72.8 Å². The van der Waals surface area contributed by atoms with E-state index in [0.29, 0.717) is 11.5 Å². The number of carbonyl (C=O) groups is 2. The maximum absolute atomic E-state index is 11.8. The maximum Gasteiger partial charge on any atom is 0.335 e. The van der Waals surface area contributed by atoms with Gasteiger partial charge in [-0.25, -0.2) is 9.59 Å². The van der Waals surface area contributed by atoms with E-state index in [1.54, 1.807) is 6.92 Å². The molecule has 0 aromatic rings. The first-order valence-electron chi connectivity index (χ1n) is 11.0. The van der Waals surface area contributed by atoms with E-state index in [9.17, 15) is 9.59 Å². The van der Waals surface area contributed by atoms with Gasteiger partial charge in [0.15, 0.2) is 0 Å². The first kappa shape index (κ1) is 25.4. The minimum Gasteiger partial charge on any atom is -0.462 e. The quantitative estimate of drug-likeness (QED) is 0.349. The molecule has 1 aliphatic carbocycles. The van der Waals surface area contributed by atoms with E-state index in [1.807, 2.05) is 0 Å². The zero-order valence-electron chi connectivity index (χ0n) is 18.6. The van der Waals surface area contributed by atoms with Crippen molar-refractivity contribution in [2.45, 2.75) is 72.1 Å². The monoisotopic (exact) mass is 408 g/mol. The van der Waals surface area contributed by atoms with Crippen LogP contribution in [0.1, 0.15) is 72.1 Å². The molecule has 1 N–H and O–H groups in total. The van der Waals surface area contributed by atoms with Gasteiger partial charge in [0.1, 0.15) is 0 Å². The summed E-state index contributed by atoms with van der Waals surface area (Å²) in [6.45, 7) is 13.2. The van der Waals surface area contributed by atoms with Crippen LogP contribution in [-0.2, 0) is 19.1 Å². The average molecular weight is 409 g/mol. The lowest BCUT2D eigenvalue weighted by Gasteiger charge is -2.31. The normalized spacial score (nSPS) is 20.2. The summed E-state index contributed by atoms with van der Waals surface area (Å²) < 4.78 is 10.6. The molecule has 5 heteroatoms. The second-order valence-corrected chi connectivity index (χ2v) is 9.05. The summed E-state index contributed by atoms with van der Waals surface area (Å²) in [7, 11) is 0. The first-order chi connectivity index (χ1) is 13.7. The molecule has 1 rings (SSSR count). The van der Waals surface area contributed by atoms with Crippen molar-refractivity contribution in [2.75, 3.05) is 19.8 Å². The van der Waals surface area contributed by atoms with Gasteiger partial charge in [-0.15, -0.1) is 0 Å². The minimum absolute atomic E-state index is 0.0320. The molecule has 0 amide bonds. The highest BCUT2D eigenvalue weighted by atomic mass is 16.5. The summed E-state index contributed by atoms with van der Waals surface area (Å²) in [6, 6.07) is 0. The Morgan fingerprint density at radius 1 is 1.00 bits per heavy atom. The van der Waals surface area contributed by atoms with Crippen molar-refractivity contribution in [1.29, 1.82) is 0 Å². The Balaban J connectivity index is 2.49. The Kier molecular flexibility index (Phi) is 11.9. The van der Waals surface area contributed by atoms with Gasteiger partial charge < -0.3 is 14.6 Å². The van der Waals surface area contributed by atoms with Crippen LogP contribution >= 0.6 is 0 Å². The van der Waals surface area contributed by atoms with Crippen LogP contribution < -0.4 is 0 Å². The van der Waals surface area contributed by atoms with Crippen LogP contribution in [0.3, 0.4) is 0 Å². The molecular weight excluding hydrogens is 368 g/mol. The Labute approximate surface area is 176 Å². The molecule has 1 aliphatic rings. The van der Waals surface area contributed by atoms with Crippen molar-refractivity contribution in [3.63, 3.8) is 0 Å². The number of ether oxygens (including phenoxy) is 2. The SMILES string of the molecule is C=C(C)C(=O)OCC(COC(=O)C(=C)CO)CC1CCC(CCCC(C)C)CC1. The predicted octanol–water partition coefficient (Wildman–Crippen LogP) is 4.84. The molecule has 0 heterocycles. The van der Waals surface area contributed by atoms with E-state index >= 15 is 0 Å². The molecule has 5 nitrogen and oxygen atoms in total. The fraction of sp³-hybridized carbons (Fsp3) is 0.750. The number of hydrogen-bond donors (Lipinski definition) is 1. The summed E-state index contributed by atoms with van der Waals surface area (Å²) >= 11 is 0. The van der Waals surface area contributed by atoms with E-state index in [0.717, 1.165) is 18.3 Å². The maximum atomic E-state index is 11.8. The number of aliphatic hydroxyl groups is 1. The van der Waals surface area contributed by atoms with Gasteiger partial charge >= 0.3 is 11.9 Å². The Morgan fingerprint density at radius 3 is 2.07 bits per heavy atom. The van der Waals surface area contributed by atoms with Crippen molar-refractivity contribution in [3.05, 3.63) is 24.3 Å². The standard InChI is InChI=1S/C24H40O5/c1-17(2)7-6-8-20-9-11-21(12-10-20)13-22(15-28-23(26)18(3)4)16-29-24(27)19(5)14-25/h17,20-22,25H,3,5-16H2,1-2,4H3. The largest absolute Gasteiger partial charge is 0.462 e. The van der Waals surface area contributed by atoms with Crippen LogP contribution in [0, 0.1) is 23.7 Å². The third-order valence-electron chi connectivity index (χ3n) is 5.76. The van der Waals surface area contributed by atoms with Crippen LogP contribution in [0.25, 0.3) is 0 Å². The van der Waals surface area contributed by atoms with Crippen molar-refractivity contribution >= 4 is 11.9 Å². The number of esters is 2. The van der Waals surface area contributed by atoms with Crippen molar-refractivity contribution in [1.82, 2.24) is 0 Å². The fourth-order valence-electron chi connectivity index (χ4n) is 3.90. The zero-order chi connectivity index (χ0) is 21.8. The van der Waals surface area contributed by atoms with Crippen LogP contribution in [0.5, 0.6) is 0 Å². The van der Waals surface area contributed by atoms with Gasteiger partial charge in [-0.05, 0) is 31.1 Å². The Hall–Kier alpha value is -1.62. The van der Waals surface area contributed by atoms with Gasteiger partial charge in [-0.2, -0.15) is 0 Å². The van der Waals surface area contributed by atoms with E-state index in [2.05, 4.69) is 27.0 Å². The van der Waals surface area contributed by atoms with Gasteiger partial charge in [0, 0.05) is 11.5 Å². The molecular formula is C24H40O5. The molecule has 0 aromatic heterocycles. The molecule has 1 fully saturated rings. The number of aliphatic hydroxyl groups excluding tert-OH is 1. The summed E-state index contributed by atoms with van der Waals surface area (Å²) in [4.78, 5) is 23.6. The highest BCUT2D eigenvalue weighted by Gasteiger charge is 2.25. The lowest BCUT2D eigenvalue weighted by atomic mass is 9.76. The molecule has 0 spiro atoms. The third-order valence-corrected chi connectivity index (χ3v) is 5.76. The van der Waals surface area contributed by atoms with E-state index in [-0.39, 0.29) is 24.7 Å². The van der Waals surface area contributed by atoms with Gasteiger partial charge in [0.25, 0.3) is 0 Å². The van der Waals surface area contributed by atoms with Crippen molar-refractivity contribution < 1.29 is 24.2 Å². The first-order valence-corrected chi connectivity index (χ1v) is 11.0. The van der Waals surface area contributed by atoms with Gasteiger partial charge in [-0.1, -0.05) is 72.0 Å². The lowest BCUT2D eigenvalue weighted by molar-refractivity contribution is -0.144. The average Bonchev–Trinajstić information content (AvgIpc) is 2.69. The molecule has 0 aromatic carbocycles. The molecule has 0 aliphatic heterocycles. The van der Waals surface area contributed by atoms with Crippen LogP contribution in [0.2, 0.25) is 0 Å². The van der Waals surface area contributed by atoms with Crippen molar-refractivity contribution in [2.24, 2.45) is 23.7 Å². The van der Waals surface area contributed by atoms with Gasteiger partial charge in [0.2, 0.25) is 0 Å². The molecule has 29 heavy (non-hydrogen) atoms. The van der Waals surface area contributed by atoms with Crippen LogP contribution in [-0.4, -0.2) is 36.9 Å². The Bertz CT molecular complexity index is 543. The molecule has 0 saturated heterocycles. The van der Waals surface area contributed by atoms with Gasteiger partial charge in [-0.3, -0.25) is 0 Å². The second-order valence-electron chi connectivity index (χ2n) is 9.05. The third kappa shape index (κ3) is 10.6. The van der Waals surface area contributed by atoms with Crippen LogP contribution in [0.4, 0.5) is 0 Å². The van der Waals surface area contributed by atoms with Crippen LogP contribution in [0.15, 0.2) is 24.3 Å². The predicted molar refractivity (Wildman–Crippen MR) is 115 cm³/mol. The highest BCUT2D eigenvalue weighted by Crippen LogP contribution is 2.35. The lowest BCUT2D eigenvalue weighted by Crippen LogP contribution is -2.26.